The molecule has 2 unspecified atom stereocenters. The van der Waals surface area contributed by atoms with Crippen molar-refractivity contribution >= 4 is 0 Å². The van der Waals surface area contributed by atoms with Crippen LogP contribution in [0.1, 0.15) is 46.5 Å². The van der Waals surface area contributed by atoms with E-state index in [1.807, 2.05) is 0 Å². The number of nitrogens with zero attached hydrogens (tertiary/aromatic N) is 1. The van der Waals surface area contributed by atoms with Gasteiger partial charge in [0.05, 0.1) is 6.61 Å². The summed E-state index contributed by atoms with van der Waals surface area (Å²) in [5.74, 6) is 0.762. The van der Waals surface area contributed by atoms with Gasteiger partial charge < -0.3 is 10.4 Å². The predicted octanol–water partition coefficient (Wildman–Crippen LogP) is 1.86. The smallest absolute Gasteiger partial charge is 0.0558 e. The first-order valence-electron chi connectivity index (χ1n) is 7.27. The third-order valence-corrected chi connectivity index (χ3v) is 3.96. The molecule has 3 nitrogen and oxygen atoms in total. The second-order valence-corrected chi connectivity index (χ2v) is 5.52. The fourth-order valence-electron chi connectivity index (χ4n) is 2.95. The third kappa shape index (κ3) is 4.94. The summed E-state index contributed by atoms with van der Waals surface area (Å²) in [6.45, 7) is 9.93. The van der Waals surface area contributed by atoms with Crippen LogP contribution in [-0.2, 0) is 0 Å². The number of aliphatic hydroxyl groups excluding tert-OH is 1. The summed E-state index contributed by atoms with van der Waals surface area (Å²) in [6, 6.07) is 1.22. The maximum absolute atomic E-state index is 9.13. The first-order valence-corrected chi connectivity index (χ1v) is 7.27. The van der Waals surface area contributed by atoms with Crippen molar-refractivity contribution in [3.63, 3.8) is 0 Å². The largest absolute Gasteiger partial charge is 0.395 e. The number of nitrogens with one attached hydrogen (secondary N) is 1. The standard InChI is InChI=1S/C14H30N2O/c1-4-15-14-8-6-5-7-13(14)11-16(9-10-17)12(2)3/h12-15,17H,4-11H2,1-3H3. The van der Waals surface area contributed by atoms with Crippen LogP contribution >= 0.6 is 0 Å². The average molecular weight is 242 g/mol. The van der Waals surface area contributed by atoms with Gasteiger partial charge in [0.25, 0.3) is 0 Å². The molecule has 102 valence electrons. The Morgan fingerprint density at radius 2 is 2.00 bits per heavy atom. The van der Waals surface area contributed by atoms with Crippen molar-refractivity contribution in [2.45, 2.75) is 58.5 Å². The summed E-state index contributed by atoms with van der Waals surface area (Å²) in [5.41, 5.74) is 0. The van der Waals surface area contributed by atoms with Gasteiger partial charge in [-0.15, -0.1) is 0 Å². The Morgan fingerprint density at radius 3 is 2.59 bits per heavy atom. The summed E-state index contributed by atoms with van der Waals surface area (Å²) >= 11 is 0. The third-order valence-electron chi connectivity index (χ3n) is 3.96. The van der Waals surface area contributed by atoms with Crippen LogP contribution in [0.2, 0.25) is 0 Å². The van der Waals surface area contributed by atoms with Gasteiger partial charge in [-0.2, -0.15) is 0 Å². The van der Waals surface area contributed by atoms with E-state index in [0.29, 0.717) is 12.1 Å². The molecular formula is C14H30N2O. The average Bonchev–Trinajstić information content (AvgIpc) is 2.31. The molecule has 1 saturated carbocycles. The zero-order valence-electron chi connectivity index (χ0n) is 11.8. The maximum atomic E-state index is 9.13. The lowest BCUT2D eigenvalue weighted by atomic mass is 9.84. The second kappa shape index (κ2) is 8.06. The Balaban J connectivity index is 2.49. The van der Waals surface area contributed by atoms with Gasteiger partial charge in [0.2, 0.25) is 0 Å². The molecule has 0 heterocycles. The Hall–Kier alpha value is -0.120. The highest BCUT2D eigenvalue weighted by Gasteiger charge is 2.26. The molecule has 0 saturated heterocycles. The van der Waals surface area contributed by atoms with Crippen LogP contribution in [0.25, 0.3) is 0 Å². The SMILES string of the molecule is CCNC1CCCCC1CN(CCO)C(C)C. The Morgan fingerprint density at radius 1 is 1.29 bits per heavy atom. The van der Waals surface area contributed by atoms with E-state index in [2.05, 4.69) is 31.0 Å². The Bertz CT molecular complexity index is 195. The quantitative estimate of drug-likeness (QED) is 0.715. The molecule has 0 aromatic heterocycles. The zero-order chi connectivity index (χ0) is 12.7. The molecule has 2 N–H and O–H groups in total. The van der Waals surface area contributed by atoms with Crippen LogP contribution in [0.4, 0.5) is 0 Å². The van der Waals surface area contributed by atoms with E-state index in [1.54, 1.807) is 0 Å². The summed E-state index contributed by atoms with van der Waals surface area (Å²) in [6.07, 6.45) is 5.41. The molecule has 1 aliphatic rings. The molecule has 0 aromatic rings. The van der Waals surface area contributed by atoms with Crippen molar-refractivity contribution in [1.82, 2.24) is 10.2 Å². The Kier molecular flexibility index (Phi) is 7.09. The first-order chi connectivity index (χ1) is 8.19. The molecule has 0 bridgehead atoms. The van der Waals surface area contributed by atoms with Crippen molar-refractivity contribution in [1.29, 1.82) is 0 Å². The molecule has 0 amide bonds. The van der Waals surface area contributed by atoms with Crippen LogP contribution in [-0.4, -0.2) is 48.3 Å². The lowest BCUT2D eigenvalue weighted by molar-refractivity contribution is 0.117. The highest BCUT2D eigenvalue weighted by atomic mass is 16.3. The molecule has 1 aliphatic carbocycles. The number of aliphatic hydroxyl groups is 1. The van der Waals surface area contributed by atoms with Crippen molar-refractivity contribution < 1.29 is 5.11 Å². The molecule has 2 atom stereocenters. The van der Waals surface area contributed by atoms with Gasteiger partial charge in [-0.3, -0.25) is 4.90 Å². The predicted molar refractivity (Wildman–Crippen MR) is 73.2 cm³/mol. The van der Waals surface area contributed by atoms with Gasteiger partial charge in [0.1, 0.15) is 0 Å². The zero-order valence-corrected chi connectivity index (χ0v) is 11.8. The molecule has 0 spiro atoms. The topological polar surface area (TPSA) is 35.5 Å². The molecule has 0 aromatic carbocycles. The van der Waals surface area contributed by atoms with Gasteiger partial charge in [0, 0.05) is 25.2 Å². The summed E-state index contributed by atoms with van der Waals surface area (Å²) in [7, 11) is 0. The van der Waals surface area contributed by atoms with E-state index in [9.17, 15) is 0 Å². The molecule has 0 radical (unpaired) electrons. The fourth-order valence-corrected chi connectivity index (χ4v) is 2.95. The van der Waals surface area contributed by atoms with E-state index < -0.39 is 0 Å². The highest BCUT2D eigenvalue weighted by Crippen LogP contribution is 2.25. The van der Waals surface area contributed by atoms with E-state index in [0.717, 1.165) is 25.6 Å². The van der Waals surface area contributed by atoms with Crippen molar-refractivity contribution in [2.24, 2.45) is 5.92 Å². The van der Waals surface area contributed by atoms with Gasteiger partial charge in [-0.05, 0) is 39.2 Å². The van der Waals surface area contributed by atoms with Crippen LogP contribution in [0.5, 0.6) is 0 Å². The minimum Gasteiger partial charge on any atom is -0.395 e. The normalized spacial score (nSPS) is 25.8. The Labute approximate surface area is 107 Å². The molecule has 0 aliphatic heterocycles. The van der Waals surface area contributed by atoms with Gasteiger partial charge in [-0.1, -0.05) is 19.8 Å². The van der Waals surface area contributed by atoms with E-state index >= 15 is 0 Å². The van der Waals surface area contributed by atoms with E-state index in [1.165, 1.54) is 25.7 Å². The minimum atomic E-state index is 0.275. The minimum absolute atomic E-state index is 0.275. The first kappa shape index (κ1) is 14.9. The monoisotopic (exact) mass is 242 g/mol. The molecule has 1 fully saturated rings. The van der Waals surface area contributed by atoms with Crippen LogP contribution < -0.4 is 5.32 Å². The lowest BCUT2D eigenvalue weighted by Crippen LogP contribution is -2.46. The van der Waals surface area contributed by atoms with Gasteiger partial charge in [-0.25, -0.2) is 0 Å². The van der Waals surface area contributed by atoms with Gasteiger partial charge in [0.15, 0.2) is 0 Å². The molecular weight excluding hydrogens is 212 g/mol. The number of hydrogen-bond donors (Lipinski definition) is 2. The lowest BCUT2D eigenvalue weighted by Gasteiger charge is -2.37. The summed E-state index contributed by atoms with van der Waals surface area (Å²) < 4.78 is 0. The van der Waals surface area contributed by atoms with Crippen molar-refractivity contribution in [2.75, 3.05) is 26.2 Å². The van der Waals surface area contributed by atoms with Crippen molar-refractivity contribution in [3.8, 4) is 0 Å². The maximum Gasteiger partial charge on any atom is 0.0558 e. The summed E-state index contributed by atoms with van der Waals surface area (Å²) in [4.78, 5) is 2.42. The van der Waals surface area contributed by atoms with Crippen LogP contribution in [0, 0.1) is 5.92 Å². The number of hydrogen-bond acceptors (Lipinski definition) is 3. The van der Waals surface area contributed by atoms with Crippen LogP contribution in [0.15, 0.2) is 0 Å². The van der Waals surface area contributed by atoms with Crippen LogP contribution in [0.3, 0.4) is 0 Å². The molecule has 3 heteroatoms. The van der Waals surface area contributed by atoms with E-state index in [4.69, 9.17) is 5.11 Å². The summed E-state index contributed by atoms with van der Waals surface area (Å²) in [5, 5.41) is 12.8. The highest BCUT2D eigenvalue weighted by molar-refractivity contribution is 4.83. The molecule has 1 rings (SSSR count). The van der Waals surface area contributed by atoms with Crippen molar-refractivity contribution in [3.05, 3.63) is 0 Å². The second-order valence-electron chi connectivity index (χ2n) is 5.52. The fraction of sp³-hybridized carbons (Fsp3) is 1.00. The number of rotatable bonds is 7. The van der Waals surface area contributed by atoms with E-state index in [-0.39, 0.29) is 6.61 Å². The molecule has 17 heavy (non-hydrogen) atoms. The van der Waals surface area contributed by atoms with Gasteiger partial charge >= 0.3 is 0 Å².